The smallest absolute Gasteiger partial charge is 0.0958 e. The Morgan fingerprint density at radius 3 is 2.86 bits per heavy atom. The molecule has 0 spiro atoms. The monoisotopic (exact) mass is 194 g/mol. The first-order valence-corrected chi connectivity index (χ1v) is 6.08. The molecule has 1 heterocycles. The molecule has 1 N–H and O–H groups in total. The molecule has 1 aliphatic carbocycles. The number of amidine groups is 1. The number of hydrogen-bond donors (Lipinski definition) is 1. The normalized spacial score (nSPS) is 33.8. The minimum Gasteiger partial charge on any atom is -0.360 e. The van der Waals surface area contributed by atoms with Crippen molar-refractivity contribution in [3.63, 3.8) is 0 Å². The van der Waals surface area contributed by atoms with Gasteiger partial charge in [-0.05, 0) is 31.1 Å². The summed E-state index contributed by atoms with van der Waals surface area (Å²) in [6, 6.07) is 0. The molecule has 0 aromatic heterocycles. The van der Waals surface area contributed by atoms with Crippen LogP contribution in [-0.2, 0) is 0 Å². The molecule has 0 aromatic carbocycles. The van der Waals surface area contributed by atoms with Crippen molar-refractivity contribution in [1.82, 2.24) is 4.90 Å². The van der Waals surface area contributed by atoms with Gasteiger partial charge in [0.05, 0.1) is 5.84 Å². The third-order valence-electron chi connectivity index (χ3n) is 3.75. The molecule has 1 saturated carbocycles. The van der Waals surface area contributed by atoms with E-state index in [1.54, 1.807) is 0 Å². The van der Waals surface area contributed by atoms with Gasteiger partial charge in [-0.25, -0.2) is 0 Å². The lowest BCUT2D eigenvalue weighted by atomic mass is 9.82. The van der Waals surface area contributed by atoms with Crippen molar-refractivity contribution in [2.24, 2.45) is 11.8 Å². The van der Waals surface area contributed by atoms with Crippen LogP contribution in [0.15, 0.2) is 0 Å². The summed E-state index contributed by atoms with van der Waals surface area (Å²) in [6.45, 7) is 4.69. The number of hydrogen-bond acceptors (Lipinski definition) is 1. The number of rotatable bonds is 2. The molecule has 2 unspecified atom stereocenters. The first-order valence-electron chi connectivity index (χ1n) is 6.08. The molecule has 2 heteroatoms. The van der Waals surface area contributed by atoms with Gasteiger partial charge in [0.15, 0.2) is 0 Å². The quantitative estimate of drug-likeness (QED) is 0.719. The Morgan fingerprint density at radius 2 is 2.21 bits per heavy atom. The van der Waals surface area contributed by atoms with Gasteiger partial charge in [0.1, 0.15) is 0 Å². The molecule has 2 rings (SSSR count). The Kier molecular flexibility index (Phi) is 3.09. The molecule has 2 fully saturated rings. The molecule has 2 nitrogen and oxygen atoms in total. The largest absolute Gasteiger partial charge is 0.360 e. The van der Waals surface area contributed by atoms with Gasteiger partial charge in [-0.15, -0.1) is 0 Å². The van der Waals surface area contributed by atoms with E-state index >= 15 is 0 Å². The standard InChI is InChI=1S/C12H22N2/c1-10-4-2-5-11(8-10)9-14-7-3-6-12(14)13/h10-11,13H,2-9H2,1H3. The van der Waals surface area contributed by atoms with Crippen molar-refractivity contribution in [3.05, 3.63) is 0 Å². The van der Waals surface area contributed by atoms with Crippen LogP contribution >= 0.6 is 0 Å². The molecule has 0 radical (unpaired) electrons. The van der Waals surface area contributed by atoms with E-state index in [4.69, 9.17) is 5.41 Å². The van der Waals surface area contributed by atoms with Crippen LogP contribution in [0.3, 0.4) is 0 Å². The number of nitrogens with zero attached hydrogens (tertiary/aromatic N) is 1. The Morgan fingerprint density at radius 1 is 1.36 bits per heavy atom. The van der Waals surface area contributed by atoms with Gasteiger partial charge in [-0.3, -0.25) is 5.41 Å². The van der Waals surface area contributed by atoms with Gasteiger partial charge in [0, 0.05) is 19.5 Å². The molecule has 2 aliphatic rings. The zero-order valence-electron chi connectivity index (χ0n) is 9.26. The molecule has 2 atom stereocenters. The van der Waals surface area contributed by atoms with Crippen LogP contribution in [0.5, 0.6) is 0 Å². The van der Waals surface area contributed by atoms with Gasteiger partial charge in [-0.1, -0.05) is 19.8 Å². The SMILES string of the molecule is CC1CCCC(CN2CCCC2=N)C1. The highest BCUT2D eigenvalue weighted by molar-refractivity contribution is 5.80. The fourth-order valence-corrected chi connectivity index (χ4v) is 2.97. The molecule has 80 valence electrons. The fraction of sp³-hybridized carbons (Fsp3) is 0.917. The van der Waals surface area contributed by atoms with Crippen LogP contribution in [-0.4, -0.2) is 23.8 Å². The molecule has 1 aliphatic heterocycles. The maximum absolute atomic E-state index is 7.80. The Balaban J connectivity index is 1.81. The summed E-state index contributed by atoms with van der Waals surface area (Å²) in [6.07, 6.45) is 7.85. The van der Waals surface area contributed by atoms with E-state index in [-0.39, 0.29) is 0 Å². The van der Waals surface area contributed by atoms with E-state index < -0.39 is 0 Å². The number of nitrogens with one attached hydrogen (secondary N) is 1. The van der Waals surface area contributed by atoms with Gasteiger partial charge < -0.3 is 4.90 Å². The Hall–Kier alpha value is -0.530. The first-order chi connectivity index (χ1) is 6.75. The predicted octanol–water partition coefficient (Wildman–Crippen LogP) is 2.89. The fourth-order valence-electron chi connectivity index (χ4n) is 2.97. The summed E-state index contributed by atoms with van der Waals surface area (Å²) in [7, 11) is 0. The minimum absolute atomic E-state index is 0.872. The summed E-state index contributed by atoms with van der Waals surface area (Å²) in [5.74, 6) is 2.69. The summed E-state index contributed by atoms with van der Waals surface area (Å²) >= 11 is 0. The van der Waals surface area contributed by atoms with Gasteiger partial charge in [0.2, 0.25) is 0 Å². The maximum Gasteiger partial charge on any atom is 0.0958 e. The van der Waals surface area contributed by atoms with Crippen molar-refractivity contribution >= 4 is 5.84 Å². The second kappa shape index (κ2) is 4.33. The predicted molar refractivity (Wildman–Crippen MR) is 59.7 cm³/mol. The molecule has 0 amide bonds. The van der Waals surface area contributed by atoms with E-state index in [1.165, 1.54) is 38.6 Å². The molecular weight excluding hydrogens is 172 g/mol. The molecular formula is C12H22N2. The lowest BCUT2D eigenvalue weighted by Gasteiger charge is -2.30. The highest BCUT2D eigenvalue weighted by atomic mass is 15.2. The number of likely N-dealkylation sites (tertiary alicyclic amines) is 1. The van der Waals surface area contributed by atoms with Crippen LogP contribution < -0.4 is 0 Å². The summed E-state index contributed by atoms with van der Waals surface area (Å²) in [5, 5.41) is 7.80. The topological polar surface area (TPSA) is 27.1 Å². The average molecular weight is 194 g/mol. The lowest BCUT2D eigenvalue weighted by Crippen LogP contribution is -2.32. The zero-order chi connectivity index (χ0) is 9.97. The molecule has 14 heavy (non-hydrogen) atoms. The van der Waals surface area contributed by atoms with Crippen molar-refractivity contribution in [1.29, 1.82) is 5.41 Å². The Labute approximate surface area is 87.2 Å². The summed E-state index contributed by atoms with van der Waals surface area (Å²) in [5.41, 5.74) is 0. The third-order valence-corrected chi connectivity index (χ3v) is 3.75. The van der Waals surface area contributed by atoms with E-state index in [9.17, 15) is 0 Å². The first kappa shape index (κ1) is 10.0. The summed E-state index contributed by atoms with van der Waals surface area (Å²) < 4.78 is 0. The van der Waals surface area contributed by atoms with Gasteiger partial charge in [0.25, 0.3) is 0 Å². The van der Waals surface area contributed by atoms with Crippen LogP contribution in [0.4, 0.5) is 0 Å². The van der Waals surface area contributed by atoms with Crippen molar-refractivity contribution in [3.8, 4) is 0 Å². The van der Waals surface area contributed by atoms with Crippen molar-refractivity contribution < 1.29 is 0 Å². The second-order valence-electron chi connectivity index (χ2n) is 5.13. The van der Waals surface area contributed by atoms with Crippen LogP contribution in [0.1, 0.15) is 45.4 Å². The van der Waals surface area contributed by atoms with Crippen LogP contribution in [0.2, 0.25) is 0 Å². The summed E-state index contributed by atoms with van der Waals surface area (Å²) in [4.78, 5) is 2.31. The molecule has 1 saturated heterocycles. The Bertz CT molecular complexity index is 212. The van der Waals surface area contributed by atoms with Gasteiger partial charge in [-0.2, -0.15) is 0 Å². The van der Waals surface area contributed by atoms with E-state index in [2.05, 4.69) is 11.8 Å². The maximum atomic E-state index is 7.80. The zero-order valence-corrected chi connectivity index (χ0v) is 9.26. The lowest BCUT2D eigenvalue weighted by molar-refractivity contribution is 0.237. The highest BCUT2D eigenvalue weighted by Gasteiger charge is 2.24. The van der Waals surface area contributed by atoms with E-state index in [1.807, 2.05) is 0 Å². The molecule has 0 aromatic rings. The van der Waals surface area contributed by atoms with E-state index in [0.717, 1.165) is 30.6 Å². The van der Waals surface area contributed by atoms with Crippen LogP contribution in [0.25, 0.3) is 0 Å². The van der Waals surface area contributed by atoms with Crippen molar-refractivity contribution in [2.45, 2.75) is 45.4 Å². The van der Waals surface area contributed by atoms with Gasteiger partial charge >= 0.3 is 0 Å². The second-order valence-corrected chi connectivity index (χ2v) is 5.13. The minimum atomic E-state index is 0.872. The highest BCUT2D eigenvalue weighted by Crippen LogP contribution is 2.29. The average Bonchev–Trinajstić information content (AvgIpc) is 2.52. The molecule has 0 bridgehead atoms. The van der Waals surface area contributed by atoms with Crippen molar-refractivity contribution in [2.75, 3.05) is 13.1 Å². The van der Waals surface area contributed by atoms with E-state index in [0.29, 0.717) is 0 Å². The van der Waals surface area contributed by atoms with Crippen LogP contribution in [0, 0.1) is 17.2 Å². The third kappa shape index (κ3) is 2.28.